The van der Waals surface area contributed by atoms with E-state index in [4.69, 9.17) is 5.73 Å². The summed E-state index contributed by atoms with van der Waals surface area (Å²) in [7, 11) is 0. The molecule has 0 heterocycles. The van der Waals surface area contributed by atoms with Crippen LogP contribution in [0.25, 0.3) is 0 Å². The van der Waals surface area contributed by atoms with Crippen LogP contribution in [-0.2, 0) is 0 Å². The zero-order chi connectivity index (χ0) is 12.3. The molecule has 4 unspecified atom stereocenters. The molecule has 2 nitrogen and oxygen atoms in total. The van der Waals surface area contributed by atoms with Crippen LogP contribution in [0.4, 0.5) is 0 Å². The van der Waals surface area contributed by atoms with Crippen molar-refractivity contribution in [1.82, 2.24) is 0 Å². The van der Waals surface area contributed by atoms with Crippen LogP contribution in [0.2, 0.25) is 0 Å². The minimum absolute atomic E-state index is 0.123. The number of aliphatic hydroxyl groups is 1. The number of hydrogen-bond acceptors (Lipinski definition) is 2. The molecule has 16 heavy (non-hydrogen) atoms. The third-order valence-corrected chi connectivity index (χ3v) is 4.26. The number of hydrogen-bond donors (Lipinski definition) is 2. The van der Waals surface area contributed by atoms with Gasteiger partial charge >= 0.3 is 0 Å². The minimum Gasteiger partial charge on any atom is -0.392 e. The molecular formula is C14H27NO. The highest BCUT2D eigenvalue weighted by atomic mass is 16.3. The molecule has 0 saturated heterocycles. The van der Waals surface area contributed by atoms with Crippen LogP contribution < -0.4 is 5.73 Å². The van der Waals surface area contributed by atoms with E-state index < -0.39 is 0 Å². The maximum Gasteiger partial charge on any atom is 0.0637 e. The molecule has 2 heteroatoms. The summed E-state index contributed by atoms with van der Waals surface area (Å²) in [6.07, 6.45) is 5.12. The van der Waals surface area contributed by atoms with Gasteiger partial charge in [-0.25, -0.2) is 0 Å². The quantitative estimate of drug-likeness (QED) is 0.723. The van der Waals surface area contributed by atoms with Crippen LogP contribution >= 0.6 is 0 Å². The Balaban J connectivity index is 2.75. The first-order chi connectivity index (χ1) is 7.42. The lowest BCUT2D eigenvalue weighted by Gasteiger charge is -2.40. The second-order valence-corrected chi connectivity index (χ2v) is 5.85. The summed E-state index contributed by atoms with van der Waals surface area (Å²) < 4.78 is 0. The van der Waals surface area contributed by atoms with Crippen LogP contribution in [0.5, 0.6) is 0 Å². The average Bonchev–Trinajstić information content (AvgIpc) is 2.25. The summed E-state index contributed by atoms with van der Waals surface area (Å²) in [6, 6.07) is 0. The third kappa shape index (κ3) is 2.86. The van der Waals surface area contributed by atoms with Crippen LogP contribution in [0, 0.1) is 17.3 Å². The maximum absolute atomic E-state index is 10.5. The normalized spacial score (nSPS) is 31.8. The zero-order valence-electron chi connectivity index (χ0n) is 11.2. The Morgan fingerprint density at radius 1 is 1.62 bits per heavy atom. The predicted molar refractivity (Wildman–Crippen MR) is 69.1 cm³/mol. The topological polar surface area (TPSA) is 46.2 Å². The van der Waals surface area contributed by atoms with Gasteiger partial charge in [0.25, 0.3) is 0 Å². The molecule has 1 aliphatic carbocycles. The third-order valence-electron chi connectivity index (χ3n) is 4.26. The zero-order valence-corrected chi connectivity index (χ0v) is 11.2. The fourth-order valence-corrected chi connectivity index (χ4v) is 2.88. The van der Waals surface area contributed by atoms with E-state index in [9.17, 15) is 5.11 Å². The van der Waals surface area contributed by atoms with Crippen molar-refractivity contribution < 1.29 is 5.11 Å². The number of allylic oxidation sites excluding steroid dienone is 2. The lowest BCUT2D eigenvalue weighted by Crippen LogP contribution is -2.44. The van der Waals surface area contributed by atoms with Crippen molar-refractivity contribution in [2.45, 2.75) is 53.1 Å². The van der Waals surface area contributed by atoms with Gasteiger partial charge in [0.1, 0.15) is 0 Å². The highest BCUT2D eigenvalue weighted by molar-refractivity contribution is 5.08. The Kier molecular flexibility index (Phi) is 4.57. The molecule has 3 N–H and O–H groups in total. The highest BCUT2D eigenvalue weighted by Crippen LogP contribution is 2.38. The molecular weight excluding hydrogens is 198 g/mol. The lowest BCUT2D eigenvalue weighted by atomic mass is 9.70. The first-order valence-corrected chi connectivity index (χ1v) is 6.48. The number of nitrogens with two attached hydrogens (primary N) is 1. The van der Waals surface area contributed by atoms with Crippen molar-refractivity contribution in [2.24, 2.45) is 23.0 Å². The van der Waals surface area contributed by atoms with Crippen molar-refractivity contribution in [3.63, 3.8) is 0 Å². The van der Waals surface area contributed by atoms with Crippen molar-refractivity contribution in [3.05, 3.63) is 11.6 Å². The molecule has 0 bridgehead atoms. The first kappa shape index (κ1) is 13.7. The van der Waals surface area contributed by atoms with E-state index in [1.165, 1.54) is 5.57 Å². The molecule has 0 aromatic rings. The Bertz CT molecular complexity index is 255. The molecule has 0 aromatic heterocycles. The van der Waals surface area contributed by atoms with Crippen molar-refractivity contribution in [1.29, 1.82) is 0 Å². The van der Waals surface area contributed by atoms with Gasteiger partial charge in [-0.1, -0.05) is 32.4 Å². The molecule has 94 valence electrons. The van der Waals surface area contributed by atoms with Gasteiger partial charge < -0.3 is 10.8 Å². The van der Waals surface area contributed by atoms with Crippen LogP contribution in [0.3, 0.4) is 0 Å². The van der Waals surface area contributed by atoms with E-state index in [0.29, 0.717) is 18.4 Å². The highest BCUT2D eigenvalue weighted by Gasteiger charge is 2.37. The molecule has 1 rings (SSSR count). The van der Waals surface area contributed by atoms with Gasteiger partial charge in [-0.2, -0.15) is 0 Å². The van der Waals surface area contributed by atoms with Crippen LogP contribution in [-0.4, -0.2) is 17.8 Å². The SMILES string of the molecule is CCC(C)(CN)C(O)C1CC(C)=CC(C)C1. The van der Waals surface area contributed by atoms with E-state index in [0.717, 1.165) is 19.3 Å². The second-order valence-electron chi connectivity index (χ2n) is 5.85. The summed E-state index contributed by atoms with van der Waals surface area (Å²) in [5, 5.41) is 10.5. The summed E-state index contributed by atoms with van der Waals surface area (Å²) in [4.78, 5) is 0. The number of aliphatic hydroxyl groups excluding tert-OH is 1. The molecule has 0 spiro atoms. The summed E-state index contributed by atoms with van der Waals surface area (Å²) >= 11 is 0. The fourth-order valence-electron chi connectivity index (χ4n) is 2.88. The Hall–Kier alpha value is -0.340. The van der Waals surface area contributed by atoms with Gasteiger partial charge in [-0.3, -0.25) is 0 Å². The van der Waals surface area contributed by atoms with Crippen LogP contribution in [0.1, 0.15) is 47.0 Å². The van der Waals surface area contributed by atoms with E-state index >= 15 is 0 Å². The van der Waals surface area contributed by atoms with Gasteiger partial charge in [0.15, 0.2) is 0 Å². The smallest absolute Gasteiger partial charge is 0.0637 e. The standard InChI is InChI=1S/C14H27NO/c1-5-14(4,9-15)13(16)12-7-10(2)6-11(3)8-12/h6,10,12-13,16H,5,7-9,15H2,1-4H3. The van der Waals surface area contributed by atoms with Gasteiger partial charge in [-0.15, -0.1) is 0 Å². The monoisotopic (exact) mass is 225 g/mol. The van der Waals surface area contributed by atoms with Crippen molar-refractivity contribution in [3.8, 4) is 0 Å². The average molecular weight is 225 g/mol. The summed E-state index contributed by atoms with van der Waals surface area (Å²) in [6.45, 7) is 9.19. The maximum atomic E-state index is 10.5. The Labute approximate surface area is 99.9 Å². The van der Waals surface area contributed by atoms with E-state index in [2.05, 4.69) is 33.8 Å². The molecule has 0 saturated carbocycles. The van der Waals surface area contributed by atoms with Crippen LogP contribution in [0.15, 0.2) is 11.6 Å². The van der Waals surface area contributed by atoms with Crippen molar-refractivity contribution in [2.75, 3.05) is 6.54 Å². The first-order valence-electron chi connectivity index (χ1n) is 6.48. The van der Waals surface area contributed by atoms with Gasteiger partial charge in [0, 0.05) is 12.0 Å². The summed E-state index contributed by atoms with van der Waals surface area (Å²) in [5.74, 6) is 0.973. The molecule has 1 aliphatic rings. The number of rotatable bonds is 4. The van der Waals surface area contributed by atoms with E-state index in [1.54, 1.807) is 0 Å². The lowest BCUT2D eigenvalue weighted by molar-refractivity contribution is -0.0143. The molecule has 4 atom stereocenters. The Morgan fingerprint density at radius 2 is 2.25 bits per heavy atom. The van der Waals surface area contributed by atoms with Gasteiger partial charge in [0.05, 0.1) is 6.10 Å². The Morgan fingerprint density at radius 3 is 2.69 bits per heavy atom. The second kappa shape index (κ2) is 5.33. The molecule has 0 aromatic carbocycles. The molecule has 0 aliphatic heterocycles. The minimum atomic E-state index is -0.270. The van der Waals surface area contributed by atoms with E-state index in [1.807, 2.05) is 0 Å². The molecule has 0 radical (unpaired) electrons. The fraction of sp³-hybridized carbons (Fsp3) is 0.857. The largest absolute Gasteiger partial charge is 0.392 e. The summed E-state index contributed by atoms with van der Waals surface area (Å²) in [5.41, 5.74) is 7.11. The molecule has 0 amide bonds. The van der Waals surface area contributed by atoms with Gasteiger partial charge in [-0.05, 0) is 38.0 Å². The van der Waals surface area contributed by atoms with Crippen molar-refractivity contribution >= 4 is 0 Å². The van der Waals surface area contributed by atoms with E-state index in [-0.39, 0.29) is 11.5 Å². The molecule has 0 fully saturated rings. The van der Waals surface area contributed by atoms with Gasteiger partial charge in [0.2, 0.25) is 0 Å². The predicted octanol–water partition coefficient (Wildman–Crippen LogP) is 2.71.